The largest absolute Gasteiger partial charge is 0.320 e. The summed E-state index contributed by atoms with van der Waals surface area (Å²) in [6.45, 7) is 3.53. The van der Waals surface area contributed by atoms with Crippen molar-refractivity contribution in [2.45, 2.75) is 19.9 Å². The number of nitrogens with two attached hydrogens (primary N) is 1. The Bertz CT molecular complexity index is 626. The van der Waals surface area contributed by atoms with Crippen LogP contribution in [-0.2, 0) is 0 Å². The molecule has 1 atom stereocenters. The highest BCUT2D eigenvalue weighted by Crippen LogP contribution is 2.27. The zero-order valence-electron chi connectivity index (χ0n) is 10.7. The van der Waals surface area contributed by atoms with E-state index >= 15 is 0 Å². The molecule has 2 aromatic rings. The van der Waals surface area contributed by atoms with Gasteiger partial charge in [0.15, 0.2) is 0 Å². The molecular formula is C15H14BrF2N. The van der Waals surface area contributed by atoms with E-state index < -0.39 is 17.7 Å². The third-order valence-corrected chi connectivity index (χ3v) is 4.04. The van der Waals surface area contributed by atoms with Crippen molar-refractivity contribution in [3.05, 3.63) is 68.7 Å². The van der Waals surface area contributed by atoms with Gasteiger partial charge in [-0.3, -0.25) is 0 Å². The molecule has 2 N–H and O–H groups in total. The molecule has 0 fully saturated rings. The first kappa shape index (κ1) is 14.2. The molecule has 0 heterocycles. The highest BCUT2D eigenvalue weighted by atomic mass is 79.9. The molecule has 0 saturated carbocycles. The molecule has 0 aliphatic rings. The van der Waals surface area contributed by atoms with E-state index in [2.05, 4.69) is 15.9 Å². The monoisotopic (exact) mass is 325 g/mol. The van der Waals surface area contributed by atoms with Gasteiger partial charge < -0.3 is 5.73 Å². The van der Waals surface area contributed by atoms with Crippen LogP contribution < -0.4 is 5.73 Å². The molecule has 2 rings (SSSR count). The maximum Gasteiger partial charge on any atom is 0.131 e. The van der Waals surface area contributed by atoms with Gasteiger partial charge in [0.05, 0.1) is 6.04 Å². The topological polar surface area (TPSA) is 26.0 Å². The summed E-state index contributed by atoms with van der Waals surface area (Å²) in [5.74, 6) is -1.17. The van der Waals surface area contributed by atoms with Gasteiger partial charge in [-0.2, -0.15) is 0 Å². The lowest BCUT2D eigenvalue weighted by Gasteiger charge is -2.15. The van der Waals surface area contributed by atoms with Crippen molar-refractivity contribution in [1.82, 2.24) is 0 Å². The lowest BCUT2D eigenvalue weighted by Crippen LogP contribution is -2.14. The number of aryl methyl sites for hydroxylation is 2. The average Bonchev–Trinajstić information content (AvgIpc) is 2.36. The Morgan fingerprint density at radius 2 is 1.68 bits per heavy atom. The molecule has 1 nitrogen and oxygen atoms in total. The third-order valence-electron chi connectivity index (χ3n) is 3.15. The van der Waals surface area contributed by atoms with E-state index in [1.54, 1.807) is 6.92 Å². The zero-order valence-corrected chi connectivity index (χ0v) is 12.3. The maximum absolute atomic E-state index is 13.8. The first-order valence-electron chi connectivity index (χ1n) is 5.87. The van der Waals surface area contributed by atoms with Gasteiger partial charge in [-0.1, -0.05) is 28.1 Å². The van der Waals surface area contributed by atoms with Crippen LogP contribution in [0.2, 0.25) is 0 Å². The second-order valence-corrected chi connectivity index (χ2v) is 5.46. The van der Waals surface area contributed by atoms with Gasteiger partial charge in [-0.25, -0.2) is 8.78 Å². The van der Waals surface area contributed by atoms with E-state index in [1.807, 2.05) is 25.1 Å². The van der Waals surface area contributed by atoms with Crippen molar-refractivity contribution >= 4 is 15.9 Å². The summed E-state index contributed by atoms with van der Waals surface area (Å²) < 4.78 is 28.0. The van der Waals surface area contributed by atoms with E-state index in [0.717, 1.165) is 21.7 Å². The van der Waals surface area contributed by atoms with Gasteiger partial charge in [0.1, 0.15) is 11.6 Å². The van der Waals surface area contributed by atoms with Crippen molar-refractivity contribution in [3.63, 3.8) is 0 Å². The number of hydrogen-bond acceptors (Lipinski definition) is 1. The fourth-order valence-corrected chi connectivity index (χ4v) is 2.21. The first-order chi connectivity index (χ1) is 8.90. The average molecular weight is 326 g/mol. The molecular weight excluding hydrogens is 312 g/mol. The fourth-order valence-electron chi connectivity index (χ4n) is 1.96. The second-order valence-electron chi connectivity index (χ2n) is 4.61. The molecule has 0 aromatic heterocycles. The molecule has 0 aliphatic carbocycles. The van der Waals surface area contributed by atoms with Crippen LogP contribution in [0.3, 0.4) is 0 Å². The standard InChI is InChI=1S/C15H14BrF2N/c1-8-5-10(3-4-12(8)16)15(19)11-6-9(2)13(17)7-14(11)18/h3-7,15H,19H2,1-2H3. The smallest absolute Gasteiger partial charge is 0.131 e. The van der Waals surface area contributed by atoms with Gasteiger partial charge in [-0.15, -0.1) is 0 Å². The highest BCUT2D eigenvalue weighted by Gasteiger charge is 2.16. The number of benzene rings is 2. The Balaban J connectivity index is 2.46. The van der Waals surface area contributed by atoms with Gasteiger partial charge in [0.25, 0.3) is 0 Å². The minimum Gasteiger partial charge on any atom is -0.320 e. The Kier molecular flexibility index (Phi) is 4.02. The van der Waals surface area contributed by atoms with E-state index in [-0.39, 0.29) is 0 Å². The fraction of sp³-hybridized carbons (Fsp3) is 0.200. The first-order valence-corrected chi connectivity index (χ1v) is 6.66. The number of hydrogen-bond donors (Lipinski definition) is 1. The van der Waals surface area contributed by atoms with Crippen LogP contribution in [0.4, 0.5) is 8.78 Å². The predicted octanol–water partition coefficient (Wildman–Crippen LogP) is 4.39. The van der Waals surface area contributed by atoms with Crippen LogP contribution in [0.5, 0.6) is 0 Å². The summed E-state index contributed by atoms with van der Waals surface area (Å²) >= 11 is 3.41. The third kappa shape index (κ3) is 2.85. The second kappa shape index (κ2) is 5.39. The summed E-state index contributed by atoms with van der Waals surface area (Å²) in [4.78, 5) is 0. The molecule has 0 amide bonds. The molecule has 19 heavy (non-hydrogen) atoms. The van der Waals surface area contributed by atoms with Crippen LogP contribution in [0.1, 0.15) is 28.3 Å². The maximum atomic E-state index is 13.8. The summed E-state index contributed by atoms with van der Waals surface area (Å²) in [5.41, 5.74) is 8.59. The molecule has 2 aromatic carbocycles. The SMILES string of the molecule is Cc1cc(C(N)c2ccc(Br)c(C)c2)c(F)cc1F. The van der Waals surface area contributed by atoms with Gasteiger partial charge in [0.2, 0.25) is 0 Å². The number of rotatable bonds is 2. The summed E-state index contributed by atoms with van der Waals surface area (Å²) in [6.07, 6.45) is 0. The molecule has 1 unspecified atom stereocenters. The van der Waals surface area contributed by atoms with Crippen LogP contribution in [0.15, 0.2) is 34.8 Å². The van der Waals surface area contributed by atoms with E-state index in [9.17, 15) is 8.78 Å². The molecule has 0 radical (unpaired) electrons. The van der Waals surface area contributed by atoms with Gasteiger partial charge in [0, 0.05) is 16.1 Å². The lowest BCUT2D eigenvalue weighted by molar-refractivity contribution is 0.561. The van der Waals surface area contributed by atoms with Gasteiger partial charge in [-0.05, 0) is 42.7 Å². The lowest BCUT2D eigenvalue weighted by atomic mass is 9.96. The van der Waals surface area contributed by atoms with E-state index in [1.165, 1.54) is 6.07 Å². The minimum absolute atomic E-state index is 0.306. The summed E-state index contributed by atoms with van der Waals surface area (Å²) in [5, 5.41) is 0. The summed E-state index contributed by atoms with van der Waals surface area (Å²) in [6, 6.07) is 7.35. The van der Waals surface area contributed by atoms with Crippen molar-refractivity contribution < 1.29 is 8.78 Å². The summed E-state index contributed by atoms with van der Waals surface area (Å²) in [7, 11) is 0. The Hall–Kier alpha value is -1.26. The Morgan fingerprint density at radius 3 is 2.32 bits per heavy atom. The van der Waals surface area contributed by atoms with Crippen LogP contribution in [-0.4, -0.2) is 0 Å². The van der Waals surface area contributed by atoms with Crippen molar-refractivity contribution in [2.75, 3.05) is 0 Å². The van der Waals surface area contributed by atoms with E-state index in [0.29, 0.717) is 11.1 Å². The van der Waals surface area contributed by atoms with Gasteiger partial charge >= 0.3 is 0 Å². The van der Waals surface area contributed by atoms with Crippen LogP contribution >= 0.6 is 15.9 Å². The molecule has 0 saturated heterocycles. The van der Waals surface area contributed by atoms with Crippen LogP contribution in [0.25, 0.3) is 0 Å². The molecule has 4 heteroatoms. The molecule has 100 valence electrons. The van der Waals surface area contributed by atoms with E-state index in [4.69, 9.17) is 5.73 Å². The Labute approximate surface area is 119 Å². The minimum atomic E-state index is -0.615. The molecule has 0 bridgehead atoms. The van der Waals surface area contributed by atoms with Crippen molar-refractivity contribution in [1.29, 1.82) is 0 Å². The number of halogens is 3. The predicted molar refractivity (Wildman–Crippen MR) is 76.0 cm³/mol. The quantitative estimate of drug-likeness (QED) is 0.870. The molecule has 0 aliphatic heterocycles. The Morgan fingerprint density at radius 1 is 1.00 bits per heavy atom. The highest BCUT2D eigenvalue weighted by molar-refractivity contribution is 9.10. The van der Waals surface area contributed by atoms with Crippen molar-refractivity contribution in [3.8, 4) is 0 Å². The van der Waals surface area contributed by atoms with Crippen LogP contribution in [0, 0.1) is 25.5 Å². The van der Waals surface area contributed by atoms with Crippen molar-refractivity contribution in [2.24, 2.45) is 5.73 Å². The zero-order chi connectivity index (χ0) is 14.2. The molecule has 0 spiro atoms. The normalized spacial score (nSPS) is 12.5.